The second kappa shape index (κ2) is 10.1. The Hall–Kier alpha value is -0.940. The number of rotatable bonds is 5. The summed E-state index contributed by atoms with van der Waals surface area (Å²) in [5.74, 6) is 2.23. The maximum atomic E-state index is 10.2. The van der Waals surface area contributed by atoms with Gasteiger partial charge in [0, 0.05) is 19.5 Å². The van der Waals surface area contributed by atoms with Crippen molar-refractivity contribution < 1.29 is 14.9 Å². The van der Waals surface area contributed by atoms with Gasteiger partial charge in [-0.2, -0.15) is 0 Å². The normalized spacial score (nSPS) is 42.4. The van der Waals surface area contributed by atoms with Crippen molar-refractivity contribution in [3.8, 4) is 0 Å². The lowest BCUT2D eigenvalue weighted by atomic mass is 9.61. The molecule has 1 aliphatic heterocycles. The number of aliphatic hydroxyl groups excluding tert-OH is 2. The van der Waals surface area contributed by atoms with Crippen molar-refractivity contribution in [2.75, 3.05) is 26.2 Å². The summed E-state index contributed by atoms with van der Waals surface area (Å²) in [6.07, 6.45) is 12.6. The van der Waals surface area contributed by atoms with Gasteiger partial charge in [-0.1, -0.05) is 38.2 Å². The molecule has 180 valence electrons. The number of aliphatic hydroxyl groups is 2. The lowest BCUT2D eigenvalue weighted by Gasteiger charge is -2.44. The van der Waals surface area contributed by atoms with Crippen molar-refractivity contribution in [3.63, 3.8) is 0 Å². The highest BCUT2D eigenvalue weighted by atomic mass is 16.5. The molecule has 0 unspecified atom stereocenters. The maximum Gasteiger partial charge on any atom is 0.0811 e. The van der Waals surface area contributed by atoms with Crippen molar-refractivity contribution in [1.82, 2.24) is 4.90 Å². The minimum absolute atomic E-state index is 0.370. The molecular weight excluding hydrogens is 398 g/mol. The Bertz CT molecular complexity index is 743. The van der Waals surface area contributed by atoms with Crippen LogP contribution in [-0.4, -0.2) is 59.7 Å². The summed E-state index contributed by atoms with van der Waals surface area (Å²) in [5.41, 5.74) is 3.81. The number of allylic oxidation sites excluding steroid dienone is 3. The number of nitrogens with zero attached hydrogens (tertiary/aromatic N) is 1. The molecule has 0 aromatic heterocycles. The third-order valence-corrected chi connectivity index (χ3v) is 9.21. The molecule has 3 aliphatic carbocycles. The third kappa shape index (κ3) is 5.09. The standard InChI is InChI=1S/C28H45NO3/c1-19(11-13-29-14-15-32-20(2)18-29)25-9-10-26-22(6-5-12-28(25,26)4)7-8-23-16-24(30)17-27(31)21(23)3/h7-8,19-20,24-27,30-31H,3,5-6,9-18H2,1-2,4H3/b22-7+,23-8-/t19-,20-,24-,25-,26+,27+,28-/m1/s1. The van der Waals surface area contributed by atoms with Crippen LogP contribution in [0.2, 0.25) is 0 Å². The summed E-state index contributed by atoms with van der Waals surface area (Å²) < 4.78 is 5.71. The molecule has 1 heterocycles. The van der Waals surface area contributed by atoms with E-state index < -0.39 is 12.2 Å². The van der Waals surface area contributed by atoms with Crippen LogP contribution in [0.1, 0.15) is 72.1 Å². The summed E-state index contributed by atoms with van der Waals surface area (Å²) in [7, 11) is 0. The SMILES string of the molecule is C=C1/C(=C\C=C2/CCC[C@]3(C)[C@@H]([C@H](C)CCN4CCO[C@H](C)C4)CC[C@@H]23)C[C@@H](O)C[C@@H]1O. The zero-order valence-electron chi connectivity index (χ0n) is 20.6. The highest BCUT2D eigenvalue weighted by Gasteiger charge is 2.50. The summed E-state index contributed by atoms with van der Waals surface area (Å²) in [6.45, 7) is 15.6. The molecule has 4 rings (SSSR count). The number of hydrogen-bond donors (Lipinski definition) is 2. The number of ether oxygens (including phenoxy) is 1. The Morgan fingerprint density at radius 2 is 2.09 bits per heavy atom. The quantitative estimate of drug-likeness (QED) is 0.636. The van der Waals surface area contributed by atoms with E-state index in [0.717, 1.165) is 42.7 Å². The van der Waals surface area contributed by atoms with Gasteiger partial charge in [0.15, 0.2) is 0 Å². The first-order valence-corrected chi connectivity index (χ1v) is 13.1. The molecule has 0 amide bonds. The van der Waals surface area contributed by atoms with Gasteiger partial charge in [0.25, 0.3) is 0 Å². The van der Waals surface area contributed by atoms with Crippen LogP contribution >= 0.6 is 0 Å². The Kier molecular flexibility index (Phi) is 7.66. The lowest BCUT2D eigenvalue weighted by Crippen LogP contribution is -2.42. The average Bonchev–Trinajstić information content (AvgIpc) is 3.11. The molecule has 1 saturated heterocycles. The molecular formula is C28H45NO3. The van der Waals surface area contributed by atoms with Gasteiger partial charge in [-0.05, 0) is 92.7 Å². The fourth-order valence-corrected chi connectivity index (χ4v) is 7.36. The van der Waals surface area contributed by atoms with Gasteiger partial charge in [0.1, 0.15) is 0 Å². The van der Waals surface area contributed by atoms with E-state index >= 15 is 0 Å². The van der Waals surface area contributed by atoms with Crippen LogP contribution in [0.15, 0.2) is 35.5 Å². The second-order valence-electron chi connectivity index (χ2n) is 11.4. The molecule has 32 heavy (non-hydrogen) atoms. The summed E-state index contributed by atoms with van der Waals surface area (Å²) in [4.78, 5) is 2.59. The molecule has 0 spiro atoms. The van der Waals surface area contributed by atoms with Crippen molar-refractivity contribution in [2.45, 2.75) is 90.4 Å². The topological polar surface area (TPSA) is 52.9 Å². The Morgan fingerprint density at radius 1 is 1.28 bits per heavy atom. The first-order valence-electron chi connectivity index (χ1n) is 13.1. The monoisotopic (exact) mass is 443 g/mol. The molecule has 0 radical (unpaired) electrons. The molecule has 3 saturated carbocycles. The Balaban J connectivity index is 1.41. The van der Waals surface area contributed by atoms with E-state index in [1.165, 1.54) is 45.1 Å². The van der Waals surface area contributed by atoms with Gasteiger partial charge in [-0.3, -0.25) is 4.90 Å². The second-order valence-corrected chi connectivity index (χ2v) is 11.4. The van der Waals surface area contributed by atoms with Crippen molar-refractivity contribution in [3.05, 3.63) is 35.5 Å². The zero-order valence-corrected chi connectivity index (χ0v) is 20.6. The van der Waals surface area contributed by atoms with E-state index in [-0.39, 0.29) is 0 Å². The predicted octanol–water partition coefficient (Wildman–Crippen LogP) is 4.87. The van der Waals surface area contributed by atoms with Crippen molar-refractivity contribution >= 4 is 0 Å². The maximum absolute atomic E-state index is 10.2. The number of morpholine rings is 1. The average molecular weight is 444 g/mol. The van der Waals surface area contributed by atoms with E-state index in [9.17, 15) is 10.2 Å². The first kappa shape index (κ1) is 24.2. The summed E-state index contributed by atoms with van der Waals surface area (Å²) in [6, 6.07) is 0. The van der Waals surface area contributed by atoms with Crippen LogP contribution in [-0.2, 0) is 4.74 Å². The van der Waals surface area contributed by atoms with Gasteiger partial charge < -0.3 is 14.9 Å². The van der Waals surface area contributed by atoms with Crippen LogP contribution in [0.5, 0.6) is 0 Å². The number of fused-ring (bicyclic) bond motifs is 1. The van der Waals surface area contributed by atoms with E-state index in [2.05, 4.69) is 44.4 Å². The molecule has 0 aromatic carbocycles. The molecule has 4 fully saturated rings. The molecule has 0 aromatic rings. The van der Waals surface area contributed by atoms with Crippen LogP contribution < -0.4 is 0 Å². The van der Waals surface area contributed by atoms with Crippen LogP contribution in [0.4, 0.5) is 0 Å². The van der Waals surface area contributed by atoms with E-state index in [4.69, 9.17) is 4.74 Å². The van der Waals surface area contributed by atoms with Gasteiger partial charge >= 0.3 is 0 Å². The largest absolute Gasteiger partial charge is 0.393 e. The highest BCUT2D eigenvalue weighted by molar-refractivity contribution is 5.38. The number of hydrogen-bond acceptors (Lipinski definition) is 4. The van der Waals surface area contributed by atoms with Gasteiger partial charge in [0.2, 0.25) is 0 Å². The lowest BCUT2D eigenvalue weighted by molar-refractivity contribution is -0.0216. The van der Waals surface area contributed by atoms with Crippen molar-refractivity contribution in [1.29, 1.82) is 0 Å². The molecule has 4 heteroatoms. The van der Waals surface area contributed by atoms with Gasteiger partial charge in [-0.15, -0.1) is 0 Å². The van der Waals surface area contributed by atoms with E-state index in [0.29, 0.717) is 30.3 Å². The molecule has 2 N–H and O–H groups in total. The smallest absolute Gasteiger partial charge is 0.0811 e. The minimum atomic E-state index is -0.605. The van der Waals surface area contributed by atoms with Crippen molar-refractivity contribution in [2.24, 2.45) is 23.2 Å². The van der Waals surface area contributed by atoms with Crippen LogP contribution in [0.25, 0.3) is 0 Å². The van der Waals surface area contributed by atoms with E-state index in [1.807, 2.05) is 0 Å². The van der Waals surface area contributed by atoms with E-state index in [1.54, 1.807) is 5.57 Å². The van der Waals surface area contributed by atoms with Crippen LogP contribution in [0.3, 0.4) is 0 Å². The van der Waals surface area contributed by atoms with Crippen LogP contribution in [0, 0.1) is 23.2 Å². The Morgan fingerprint density at radius 3 is 2.88 bits per heavy atom. The summed E-state index contributed by atoms with van der Waals surface area (Å²) >= 11 is 0. The fourth-order valence-electron chi connectivity index (χ4n) is 7.36. The highest BCUT2D eigenvalue weighted by Crippen LogP contribution is 2.59. The fraction of sp³-hybridized carbons (Fsp3) is 0.786. The van der Waals surface area contributed by atoms with Gasteiger partial charge in [-0.25, -0.2) is 0 Å². The molecule has 0 bridgehead atoms. The zero-order chi connectivity index (χ0) is 22.9. The first-order chi connectivity index (χ1) is 15.3. The minimum Gasteiger partial charge on any atom is -0.393 e. The Labute approximate surface area is 195 Å². The summed E-state index contributed by atoms with van der Waals surface area (Å²) in [5, 5.41) is 20.2. The molecule has 7 atom stereocenters. The predicted molar refractivity (Wildman–Crippen MR) is 130 cm³/mol. The van der Waals surface area contributed by atoms with Gasteiger partial charge in [0.05, 0.1) is 24.9 Å². The molecule has 4 nitrogen and oxygen atoms in total. The third-order valence-electron chi connectivity index (χ3n) is 9.21. The molecule has 4 aliphatic rings.